The minimum Gasteiger partial charge on any atom is -0.339 e. The van der Waals surface area contributed by atoms with E-state index in [1.54, 1.807) is 29.2 Å². The van der Waals surface area contributed by atoms with Gasteiger partial charge in [0.25, 0.3) is 5.91 Å². The lowest BCUT2D eigenvalue weighted by molar-refractivity contribution is 0.0714. The molecule has 1 aromatic carbocycles. The van der Waals surface area contributed by atoms with Gasteiger partial charge < -0.3 is 10.6 Å². The second kappa shape index (κ2) is 6.39. The average Bonchev–Trinajstić information content (AvgIpc) is 2.39. The van der Waals surface area contributed by atoms with Crippen molar-refractivity contribution in [2.75, 3.05) is 13.1 Å². The third-order valence-corrected chi connectivity index (χ3v) is 3.07. The minimum atomic E-state index is -0.00556. The zero-order valence-electron chi connectivity index (χ0n) is 10.0. The zero-order chi connectivity index (χ0) is 12.3. The lowest BCUT2D eigenvalue weighted by atomic mass is 10.0. The van der Waals surface area contributed by atoms with E-state index in [4.69, 9.17) is 11.0 Å². The van der Waals surface area contributed by atoms with Crippen LogP contribution in [0.15, 0.2) is 24.3 Å². The Kier molecular flexibility index (Phi) is 5.14. The number of hydrogen-bond donors (Lipinski definition) is 1. The maximum Gasteiger partial charge on any atom is 0.253 e. The summed E-state index contributed by atoms with van der Waals surface area (Å²) in [4.78, 5) is 14.0. The molecular weight excluding hydrogens is 250 g/mol. The van der Waals surface area contributed by atoms with Crippen molar-refractivity contribution in [2.24, 2.45) is 5.73 Å². The van der Waals surface area contributed by atoms with Gasteiger partial charge in [-0.2, -0.15) is 5.26 Å². The smallest absolute Gasteiger partial charge is 0.253 e. The summed E-state index contributed by atoms with van der Waals surface area (Å²) < 4.78 is 0. The molecule has 0 aliphatic carbocycles. The number of benzene rings is 1. The quantitative estimate of drug-likeness (QED) is 0.837. The van der Waals surface area contributed by atoms with E-state index in [1.165, 1.54) is 0 Å². The van der Waals surface area contributed by atoms with Crippen LogP contribution in [0.2, 0.25) is 0 Å². The summed E-state index contributed by atoms with van der Waals surface area (Å²) in [6.07, 6.45) is 1.70. The van der Waals surface area contributed by atoms with Gasteiger partial charge in [-0.25, -0.2) is 0 Å². The summed E-state index contributed by atoms with van der Waals surface area (Å²) >= 11 is 0. The first-order valence-corrected chi connectivity index (χ1v) is 5.75. The molecule has 1 aliphatic rings. The predicted molar refractivity (Wildman–Crippen MR) is 71.5 cm³/mol. The monoisotopic (exact) mass is 265 g/mol. The molecule has 0 bridgehead atoms. The summed E-state index contributed by atoms with van der Waals surface area (Å²) in [6.45, 7) is 1.41. The normalized spacial score (nSPS) is 15.7. The number of nitrogens with two attached hydrogens (primary N) is 1. The van der Waals surface area contributed by atoms with E-state index in [0.29, 0.717) is 24.2 Å². The van der Waals surface area contributed by atoms with Crippen LogP contribution in [-0.2, 0) is 0 Å². The molecule has 1 fully saturated rings. The third-order valence-electron chi connectivity index (χ3n) is 3.07. The average molecular weight is 266 g/mol. The van der Waals surface area contributed by atoms with Crippen LogP contribution in [0.5, 0.6) is 0 Å². The molecule has 0 unspecified atom stereocenters. The van der Waals surface area contributed by atoms with Crippen LogP contribution in [0.25, 0.3) is 0 Å². The van der Waals surface area contributed by atoms with Crippen molar-refractivity contribution in [1.29, 1.82) is 5.26 Å². The van der Waals surface area contributed by atoms with Gasteiger partial charge in [0.2, 0.25) is 0 Å². The highest BCUT2D eigenvalue weighted by Gasteiger charge is 2.21. The third kappa shape index (κ3) is 3.22. The molecule has 1 amide bonds. The first-order valence-electron chi connectivity index (χ1n) is 5.75. The van der Waals surface area contributed by atoms with Crippen molar-refractivity contribution in [3.63, 3.8) is 0 Å². The van der Waals surface area contributed by atoms with Gasteiger partial charge >= 0.3 is 0 Å². The fourth-order valence-electron chi connectivity index (χ4n) is 2.01. The molecule has 18 heavy (non-hydrogen) atoms. The van der Waals surface area contributed by atoms with Crippen LogP contribution < -0.4 is 5.73 Å². The van der Waals surface area contributed by atoms with Crippen molar-refractivity contribution < 1.29 is 4.79 Å². The highest BCUT2D eigenvalue weighted by Crippen LogP contribution is 2.13. The van der Waals surface area contributed by atoms with E-state index in [2.05, 4.69) is 0 Å². The highest BCUT2D eigenvalue weighted by molar-refractivity contribution is 5.94. The Morgan fingerprint density at radius 3 is 2.67 bits per heavy atom. The molecule has 0 radical (unpaired) electrons. The first-order chi connectivity index (χ1) is 8.20. The highest BCUT2D eigenvalue weighted by atomic mass is 35.5. The Hall–Kier alpha value is -1.57. The zero-order valence-corrected chi connectivity index (χ0v) is 10.8. The van der Waals surface area contributed by atoms with Crippen molar-refractivity contribution in [1.82, 2.24) is 4.90 Å². The molecule has 0 spiro atoms. The maximum atomic E-state index is 12.2. The molecule has 1 aromatic rings. The Labute approximate surface area is 113 Å². The lowest BCUT2D eigenvalue weighted by Gasteiger charge is -2.30. The standard InChI is InChI=1S/C13H15N3O.ClH/c14-9-10-2-1-3-11(8-10)13(17)16-6-4-12(15)5-7-16;/h1-3,8,12H,4-7,15H2;1H. The van der Waals surface area contributed by atoms with Crippen molar-refractivity contribution in [3.8, 4) is 6.07 Å². The van der Waals surface area contributed by atoms with Crippen LogP contribution in [-0.4, -0.2) is 29.9 Å². The van der Waals surface area contributed by atoms with E-state index >= 15 is 0 Å². The maximum absolute atomic E-state index is 12.2. The van der Waals surface area contributed by atoms with Crippen LogP contribution in [0.4, 0.5) is 0 Å². The molecule has 0 aromatic heterocycles. The first kappa shape index (κ1) is 14.5. The number of carbonyl (C=O) groups excluding carboxylic acids is 1. The number of nitriles is 1. The van der Waals surface area contributed by atoms with Crippen LogP contribution in [0, 0.1) is 11.3 Å². The molecule has 1 heterocycles. The Bertz CT molecular complexity index is 462. The fraction of sp³-hybridized carbons (Fsp3) is 0.385. The Morgan fingerprint density at radius 1 is 1.39 bits per heavy atom. The molecule has 2 rings (SSSR count). The van der Waals surface area contributed by atoms with Gasteiger partial charge in [-0.15, -0.1) is 12.4 Å². The van der Waals surface area contributed by atoms with Gasteiger partial charge in [0, 0.05) is 24.7 Å². The van der Waals surface area contributed by atoms with E-state index in [9.17, 15) is 4.79 Å². The van der Waals surface area contributed by atoms with E-state index < -0.39 is 0 Å². The number of halogens is 1. The van der Waals surface area contributed by atoms with Gasteiger partial charge in [-0.3, -0.25) is 4.79 Å². The summed E-state index contributed by atoms with van der Waals surface area (Å²) in [7, 11) is 0. The molecule has 0 atom stereocenters. The fourth-order valence-corrected chi connectivity index (χ4v) is 2.01. The summed E-state index contributed by atoms with van der Waals surface area (Å²) in [5.74, 6) is -0.00556. The SMILES string of the molecule is Cl.N#Cc1cccc(C(=O)N2CCC(N)CC2)c1. The molecular formula is C13H16ClN3O. The number of rotatable bonds is 1. The second-order valence-corrected chi connectivity index (χ2v) is 4.32. The van der Waals surface area contributed by atoms with Gasteiger partial charge in [0.05, 0.1) is 11.6 Å². The van der Waals surface area contributed by atoms with E-state index in [0.717, 1.165) is 12.8 Å². The molecule has 1 saturated heterocycles. The molecule has 96 valence electrons. The molecule has 4 nitrogen and oxygen atoms in total. The number of carbonyl (C=O) groups is 1. The Morgan fingerprint density at radius 2 is 2.06 bits per heavy atom. The molecule has 0 saturated carbocycles. The van der Waals surface area contributed by atoms with E-state index in [-0.39, 0.29) is 24.4 Å². The Balaban J connectivity index is 0.00000162. The largest absolute Gasteiger partial charge is 0.339 e. The van der Waals surface area contributed by atoms with Crippen molar-refractivity contribution in [3.05, 3.63) is 35.4 Å². The number of likely N-dealkylation sites (tertiary alicyclic amines) is 1. The van der Waals surface area contributed by atoms with Crippen molar-refractivity contribution >= 4 is 18.3 Å². The summed E-state index contributed by atoms with van der Waals surface area (Å²) in [5, 5.41) is 8.80. The van der Waals surface area contributed by atoms with Gasteiger partial charge in [0.1, 0.15) is 0 Å². The number of nitrogens with zero attached hydrogens (tertiary/aromatic N) is 2. The summed E-state index contributed by atoms with van der Waals surface area (Å²) in [6, 6.07) is 9.07. The van der Waals surface area contributed by atoms with Gasteiger partial charge in [-0.1, -0.05) is 6.07 Å². The number of hydrogen-bond acceptors (Lipinski definition) is 3. The van der Waals surface area contributed by atoms with Crippen LogP contribution >= 0.6 is 12.4 Å². The molecule has 5 heteroatoms. The number of piperidine rings is 1. The lowest BCUT2D eigenvalue weighted by Crippen LogP contribution is -2.42. The summed E-state index contributed by atoms with van der Waals surface area (Å²) in [5.41, 5.74) is 6.90. The van der Waals surface area contributed by atoms with Gasteiger partial charge in [-0.05, 0) is 31.0 Å². The molecule has 2 N–H and O–H groups in total. The van der Waals surface area contributed by atoms with Crippen LogP contribution in [0.3, 0.4) is 0 Å². The van der Waals surface area contributed by atoms with Crippen molar-refractivity contribution in [2.45, 2.75) is 18.9 Å². The predicted octanol–water partition coefficient (Wildman–Crippen LogP) is 1.54. The minimum absolute atomic E-state index is 0. The van der Waals surface area contributed by atoms with Crippen LogP contribution in [0.1, 0.15) is 28.8 Å². The van der Waals surface area contributed by atoms with Gasteiger partial charge in [0.15, 0.2) is 0 Å². The second-order valence-electron chi connectivity index (χ2n) is 4.32. The molecule has 1 aliphatic heterocycles. The topological polar surface area (TPSA) is 70.1 Å². The number of amides is 1. The van der Waals surface area contributed by atoms with E-state index in [1.807, 2.05) is 6.07 Å².